The van der Waals surface area contributed by atoms with Gasteiger partial charge in [-0.25, -0.2) is 13.4 Å². The summed E-state index contributed by atoms with van der Waals surface area (Å²) in [6, 6.07) is 7.50. The van der Waals surface area contributed by atoms with Crippen LogP contribution in [0.3, 0.4) is 0 Å². The molecule has 0 spiro atoms. The first-order valence-electron chi connectivity index (χ1n) is 9.93. The minimum atomic E-state index is -3.08. The van der Waals surface area contributed by atoms with Crippen LogP contribution in [0, 0.1) is 5.21 Å². The number of imidazole rings is 1. The summed E-state index contributed by atoms with van der Waals surface area (Å²) in [5.41, 5.74) is 1.58. The van der Waals surface area contributed by atoms with Crippen LogP contribution in [0.4, 0.5) is 0 Å². The molecule has 0 fully saturated rings. The molecular weight excluding hydrogens is 390 g/mol. The Kier molecular flexibility index (Phi) is 6.14. The van der Waals surface area contributed by atoms with Gasteiger partial charge >= 0.3 is 0 Å². The zero-order valence-corrected chi connectivity index (χ0v) is 18.3. The van der Waals surface area contributed by atoms with Crippen molar-refractivity contribution in [2.45, 2.75) is 52.2 Å². The van der Waals surface area contributed by atoms with E-state index in [0.717, 1.165) is 40.7 Å². The van der Waals surface area contributed by atoms with Gasteiger partial charge in [-0.2, -0.15) is 4.73 Å². The van der Waals surface area contributed by atoms with Crippen LogP contribution in [-0.2, 0) is 27.5 Å². The zero-order valence-electron chi connectivity index (χ0n) is 17.5. The van der Waals surface area contributed by atoms with Crippen molar-refractivity contribution in [3.63, 3.8) is 0 Å². The normalized spacial score (nSPS) is 12.8. The summed E-state index contributed by atoms with van der Waals surface area (Å²) in [4.78, 5) is 4.76. The van der Waals surface area contributed by atoms with Crippen LogP contribution in [0.25, 0.3) is 21.9 Å². The maximum Gasteiger partial charge on any atom is 0.226 e. The fourth-order valence-corrected chi connectivity index (χ4v) is 3.92. The number of hydrogen-bond acceptors (Lipinski definition) is 5. The van der Waals surface area contributed by atoms with Crippen LogP contribution in [-0.4, -0.2) is 42.2 Å². The Labute approximate surface area is 171 Å². The van der Waals surface area contributed by atoms with Gasteiger partial charge < -0.3 is 14.5 Å². The Hall–Kier alpha value is -2.19. The lowest BCUT2D eigenvalue weighted by atomic mass is 10.1. The molecule has 0 N–H and O–H groups in total. The Morgan fingerprint density at radius 2 is 2.00 bits per heavy atom. The molecule has 29 heavy (non-hydrogen) atoms. The molecule has 0 bridgehead atoms. The highest BCUT2D eigenvalue weighted by molar-refractivity contribution is 7.90. The van der Waals surface area contributed by atoms with Crippen LogP contribution in [0.2, 0.25) is 0 Å². The molecule has 1 aromatic carbocycles. The van der Waals surface area contributed by atoms with E-state index in [1.165, 1.54) is 12.5 Å². The van der Waals surface area contributed by atoms with Crippen LogP contribution < -0.4 is 4.73 Å². The number of rotatable bonds is 9. The van der Waals surface area contributed by atoms with Gasteiger partial charge in [0.2, 0.25) is 11.7 Å². The van der Waals surface area contributed by atoms with Crippen molar-refractivity contribution in [3.05, 3.63) is 41.5 Å². The number of pyridine rings is 1. The minimum Gasteiger partial charge on any atom is -0.618 e. The molecule has 2 aromatic heterocycles. The highest BCUT2D eigenvalue weighted by Gasteiger charge is 2.25. The van der Waals surface area contributed by atoms with E-state index in [0.29, 0.717) is 17.6 Å². The molecule has 0 unspecified atom stereocenters. The summed E-state index contributed by atoms with van der Waals surface area (Å²) >= 11 is 0. The summed E-state index contributed by atoms with van der Waals surface area (Å²) in [6.07, 6.45) is 5.58. The molecule has 158 valence electrons. The predicted molar refractivity (Wildman–Crippen MR) is 115 cm³/mol. The van der Waals surface area contributed by atoms with Gasteiger partial charge in [0.1, 0.15) is 15.7 Å². The lowest BCUT2D eigenvalue weighted by molar-refractivity contribution is -0.575. The number of hydrogen-bond donors (Lipinski definition) is 0. The number of fused-ring (bicyclic) bond motifs is 3. The molecule has 0 aliphatic heterocycles. The molecule has 0 aliphatic carbocycles. The number of aromatic nitrogens is 3. The first kappa shape index (κ1) is 21.5. The largest absolute Gasteiger partial charge is 0.618 e. The maximum absolute atomic E-state index is 12.4. The van der Waals surface area contributed by atoms with E-state index < -0.39 is 15.4 Å². The Morgan fingerprint density at radius 1 is 1.28 bits per heavy atom. The first-order chi connectivity index (χ1) is 13.6. The van der Waals surface area contributed by atoms with Gasteiger partial charge in [-0.05, 0) is 26.3 Å². The van der Waals surface area contributed by atoms with Gasteiger partial charge in [0.05, 0.1) is 35.4 Å². The molecule has 0 amide bonds. The van der Waals surface area contributed by atoms with E-state index >= 15 is 0 Å². The van der Waals surface area contributed by atoms with Crippen LogP contribution >= 0.6 is 0 Å². The van der Waals surface area contributed by atoms with Crippen LogP contribution in [0.15, 0.2) is 30.5 Å². The molecule has 3 rings (SSSR count). The van der Waals surface area contributed by atoms with Gasteiger partial charge in [-0.15, -0.1) is 0 Å². The summed E-state index contributed by atoms with van der Waals surface area (Å²) < 4.78 is 31.8. The molecular formula is C21H29N3O4S. The number of para-hydroxylation sites is 1. The topological polar surface area (TPSA) is 88.1 Å². The molecule has 7 nitrogen and oxygen atoms in total. The fourth-order valence-electron chi connectivity index (χ4n) is 3.53. The second-order valence-electron chi connectivity index (χ2n) is 8.16. The Balaban J connectivity index is 2.05. The molecule has 8 heteroatoms. The summed E-state index contributed by atoms with van der Waals surface area (Å²) in [7, 11) is -3.08. The number of nitrogens with zero attached hydrogens (tertiary/aromatic N) is 3. The molecule has 0 aliphatic rings. The minimum absolute atomic E-state index is 0.0110. The standard InChI is InChI=1S/C21H29N3O4S/c1-5-6-11-19-22-17-14-24(25)18-10-8-7-9-16(18)20(17)23(19)15-21(2,3)28-12-13-29(4,26)27/h7-10,14H,5-6,11-13,15H2,1-4H3. The number of ether oxygens (including phenoxy) is 1. The van der Waals surface area contributed by atoms with E-state index in [4.69, 9.17) is 9.72 Å². The van der Waals surface area contributed by atoms with Crippen molar-refractivity contribution in [2.24, 2.45) is 0 Å². The van der Waals surface area contributed by atoms with Crippen molar-refractivity contribution in [1.29, 1.82) is 0 Å². The Morgan fingerprint density at radius 3 is 2.69 bits per heavy atom. The average Bonchev–Trinajstić information content (AvgIpc) is 2.95. The molecule has 0 radical (unpaired) electrons. The average molecular weight is 420 g/mol. The zero-order chi connectivity index (χ0) is 21.2. The quantitative estimate of drug-likeness (QED) is 0.393. The second kappa shape index (κ2) is 8.28. The monoisotopic (exact) mass is 419 g/mol. The smallest absolute Gasteiger partial charge is 0.226 e. The summed E-state index contributed by atoms with van der Waals surface area (Å²) in [6.45, 7) is 6.68. The molecule has 0 atom stereocenters. The van der Waals surface area contributed by atoms with Crippen molar-refractivity contribution < 1.29 is 17.9 Å². The first-order valence-corrected chi connectivity index (χ1v) is 12.0. The molecule has 2 heterocycles. The fraction of sp³-hybridized carbons (Fsp3) is 0.524. The lowest BCUT2D eigenvalue weighted by Crippen LogP contribution is -2.33. The van der Waals surface area contributed by atoms with Crippen LogP contribution in [0.1, 0.15) is 39.4 Å². The number of sulfone groups is 1. The third-order valence-corrected chi connectivity index (χ3v) is 5.86. The molecule has 0 saturated heterocycles. The van der Waals surface area contributed by atoms with E-state index in [-0.39, 0.29) is 12.4 Å². The summed E-state index contributed by atoms with van der Waals surface area (Å²) in [5, 5.41) is 13.3. The lowest BCUT2D eigenvalue weighted by Gasteiger charge is -2.27. The van der Waals surface area contributed by atoms with E-state index in [2.05, 4.69) is 11.5 Å². The van der Waals surface area contributed by atoms with Crippen LogP contribution in [0.5, 0.6) is 0 Å². The van der Waals surface area contributed by atoms with E-state index in [1.54, 1.807) is 6.07 Å². The Bertz CT molecular complexity index is 1120. The predicted octanol–water partition coefficient (Wildman–Crippen LogP) is 3.01. The SMILES string of the molecule is CCCCc1nc2c[n+]([O-])c3ccccc3c2n1CC(C)(C)OCCS(C)(=O)=O. The van der Waals surface area contributed by atoms with Gasteiger partial charge in [-0.1, -0.05) is 25.5 Å². The molecule has 0 saturated carbocycles. The number of aryl methyl sites for hydroxylation is 1. The summed E-state index contributed by atoms with van der Waals surface area (Å²) in [5.74, 6) is 0.904. The van der Waals surface area contributed by atoms with Crippen molar-refractivity contribution in [3.8, 4) is 0 Å². The van der Waals surface area contributed by atoms with Gasteiger partial charge in [0, 0.05) is 18.7 Å². The molecule has 3 aromatic rings. The number of benzene rings is 1. The van der Waals surface area contributed by atoms with Crippen molar-refractivity contribution >= 4 is 31.8 Å². The van der Waals surface area contributed by atoms with Gasteiger partial charge in [0.15, 0.2) is 5.52 Å². The third-order valence-electron chi connectivity index (χ3n) is 4.95. The van der Waals surface area contributed by atoms with Gasteiger partial charge in [0.25, 0.3) is 0 Å². The third kappa shape index (κ3) is 5.05. The van der Waals surface area contributed by atoms with Crippen molar-refractivity contribution in [2.75, 3.05) is 18.6 Å². The van der Waals surface area contributed by atoms with Gasteiger partial charge in [-0.3, -0.25) is 0 Å². The maximum atomic E-state index is 12.4. The number of unbranched alkanes of at least 4 members (excludes halogenated alkanes) is 1. The van der Waals surface area contributed by atoms with Crippen molar-refractivity contribution in [1.82, 2.24) is 9.55 Å². The second-order valence-corrected chi connectivity index (χ2v) is 10.4. The highest BCUT2D eigenvalue weighted by Crippen LogP contribution is 2.27. The highest BCUT2D eigenvalue weighted by atomic mass is 32.2. The van der Waals surface area contributed by atoms with E-state index in [9.17, 15) is 13.6 Å². The van der Waals surface area contributed by atoms with E-state index in [1.807, 2.05) is 32.0 Å².